The average molecular weight is 326 g/mol. The van der Waals surface area contributed by atoms with Crippen LogP contribution in [0.25, 0.3) is 0 Å². The van der Waals surface area contributed by atoms with Gasteiger partial charge in [-0.1, -0.05) is 46.3 Å². The molecule has 0 saturated carbocycles. The van der Waals surface area contributed by atoms with Gasteiger partial charge in [0.25, 0.3) is 5.92 Å². The number of rotatable bonds is 4. The molecule has 0 aromatic heterocycles. The summed E-state index contributed by atoms with van der Waals surface area (Å²) in [5.74, 6) is -2.89. The zero-order valence-electron chi connectivity index (χ0n) is 10.5. The van der Waals surface area contributed by atoms with Gasteiger partial charge in [-0.15, -0.1) is 0 Å². The summed E-state index contributed by atoms with van der Waals surface area (Å²) in [5.41, 5.74) is 1.68. The fourth-order valence-corrected chi connectivity index (χ4v) is 2.29. The lowest BCUT2D eigenvalue weighted by molar-refractivity contribution is 0.0106. The highest BCUT2D eigenvalue weighted by molar-refractivity contribution is 9.10. The lowest BCUT2D eigenvalue weighted by Crippen LogP contribution is -2.24. The van der Waals surface area contributed by atoms with Crippen molar-refractivity contribution in [3.8, 4) is 0 Å². The topological polar surface area (TPSA) is 12.0 Å². The van der Waals surface area contributed by atoms with Crippen molar-refractivity contribution < 1.29 is 8.78 Å². The van der Waals surface area contributed by atoms with E-state index in [4.69, 9.17) is 0 Å². The summed E-state index contributed by atoms with van der Waals surface area (Å²) in [6.07, 6.45) is 0. The van der Waals surface area contributed by atoms with Crippen LogP contribution in [0.2, 0.25) is 0 Å². The predicted octanol–water partition coefficient (Wildman–Crippen LogP) is 4.96. The summed E-state index contributed by atoms with van der Waals surface area (Å²) < 4.78 is 28.9. The highest BCUT2D eigenvalue weighted by Gasteiger charge is 2.30. The van der Waals surface area contributed by atoms with Crippen molar-refractivity contribution >= 4 is 21.6 Å². The lowest BCUT2D eigenvalue weighted by Gasteiger charge is -2.19. The Bertz CT molecular complexity index is 555. The van der Waals surface area contributed by atoms with Gasteiger partial charge in [0.05, 0.1) is 6.54 Å². The molecule has 2 aromatic carbocycles. The van der Waals surface area contributed by atoms with E-state index in [2.05, 4.69) is 21.2 Å². The van der Waals surface area contributed by atoms with E-state index in [1.54, 1.807) is 24.3 Å². The van der Waals surface area contributed by atoms with E-state index >= 15 is 0 Å². The molecule has 0 aliphatic carbocycles. The first-order chi connectivity index (χ1) is 8.99. The summed E-state index contributed by atoms with van der Waals surface area (Å²) >= 11 is 3.35. The van der Waals surface area contributed by atoms with Crippen molar-refractivity contribution in [3.63, 3.8) is 0 Å². The first-order valence-corrected chi connectivity index (χ1v) is 6.72. The molecule has 0 atom stereocenters. The lowest BCUT2D eigenvalue weighted by atomic mass is 10.1. The fourth-order valence-electron chi connectivity index (χ4n) is 1.82. The Morgan fingerprint density at radius 1 is 1.11 bits per heavy atom. The highest BCUT2D eigenvalue weighted by Crippen LogP contribution is 2.29. The summed E-state index contributed by atoms with van der Waals surface area (Å²) in [5, 5.41) is 2.81. The maximum absolute atomic E-state index is 14.0. The molecule has 2 aromatic rings. The smallest absolute Gasteiger partial charge is 0.290 e. The van der Waals surface area contributed by atoms with Gasteiger partial charge in [0, 0.05) is 15.7 Å². The van der Waals surface area contributed by atoms with E-state index in [1.807, 2.05) is 19.1 Å². The number of hydrogen-bond acceptors (Lipinski definition) is 1. The Morgan fingerprint density at radius 3 is 2.42 bits per heavy atom. The Balaban J connectivity index is 2.09. The molecule has 2 rings (SSSR count). The third kappa shape index (κ3) is 3.53. The van der Waals surface area contributed by atoms with Gasteiger partial charge >= 0.3 is 0 Å². The van der Waals surface area contributed by atoms with E-state index < -0.39 is 12.5 Å². The highest BCUT2D eigenvalue weighted by atomic mass is 79.9. The number of hydrogen-bond donors (Lipinski definition) is 1. The van der Waals surface area contributed by atoms with Crippen molar-refractivity contribution in [1.82, 2.24) is 0 Å². The van der Waals surface area contributed by atoms with E-state index in [-0.39, 0.29) is 5.56 Å². The van der Waals surface area contributed by atoms with Gasteiger partial charge in [0.1, 0.15) is 0 Å². The van der Waals surface area contributed by atoms with Gasteiger partial charge in [-0.2, -0.15) is 8.78 Å². The molecule has 0 aliphatic heterocycles. The maximum Gasteiger partial charge on any atom is 0.290 e. The molecule has 0 unspecified atom stereocenters. The van der Waals surface area contributed by atoms with E-state index in [1.165, 1.54) is 12.1 Å². The van der Waals surface area contributed by atoms with Crippen LogP contribution in [0.5, 0.6) is 0 Å². The molecule has 0 saturated heterocycles. The second kappa shape index (κ2) is 5.70. The third-order valence-electron chi connectivity index (χ3n) is 2.89. The number of halogens is 3. The second-order valence-corrected chi connectivity index (χ2v) is 5.30. The minimum Gasteiger partial charge on any atom is -0.378 e. The monoisotopic (exact) mass is 325 g/mol. The Morgan fingerprint density at radius 2 is 1.79 bits per heavy atom. The fraction of sp³-hybridized carbons (Fsp3) is 0.200. The summed E-state index contributed by atoms with van der Waals surface area (Å²) in [4.78, 5) is 0. The quantitative estimate of drug-likeness (QED) is 0.837. The number of benzene rings is 2. The van der Waals surface area contributed by atoms with Crippen molar-refractivity contribution in [2.24, 2.45) is 0 Å². The third-order valence-corrected chi connectivity index (χ3v) is 3.38. The average Bonchev–Trinajstić information content (AvgIpc) is 2.39. The molecular formula is C15H14BrF2N. The normalized spacial score (nSPS) is 11.4. The first kappa shape index (κ1) is 14.0. The number of aryl methyl sites for hydroxylation is 1. The van der Waals surface area contributed by atoms with Crippen LogP contribution < -0.4 is 5.32 Å². The Kier molecular flexibility index (Phi) is 4.20. The first-order valence-electron chi connectivity index (χ1n) is 5.92. The molecule has 1 nitrogen and oxygen atoms in total. The maximum atomic E-state index is 14.0. The number of nitrogens with one attached hydrogen (secondary N) is 1. The molecule has 0 amide bonds. The molecule has 0 heterocycles. The van der Waals surface area contributed by atoms with Crippen LogP contribution in [0, 0.1) is 6.92 Å². The van der Waals surface area contributed by atoms with Crippen molar-refractivity contribution in [2.45, 2.75) is 12.8 Å². The van der Waals surface area contributed by atoms with E-state index in [9.17, 15) is 8.78 Å². The molecule has 0 fully saturated rings. The van der Waals surface area contributed by atoms with Gasteiger partial charge in [-0.05, 0) is 30.7 Å². The zero-order chi connectivity index (χ0) is 13.9. The molecule has 100 valence electrons. The minimum absolute atomic E-state index is 0.0252. The van der Waals surface area contributed by atoms with Crippen LogP contribution in [0.4, 0.5) is 14.5 Å². The summed E-state index contributed by atoms with van der Waals surface area (Å²) in [6, 6.07) is 13.4. The summed E-state index contributed by atoms with van der Waals surface area (Å²) in [7, 11) is 0. The number of anilines is 1. The standard InChI is InChI=1S/C15H14BrF2N/c1-11-9-13(16)7-8-14(11)19-10-15(17,18)12-5-3-2-4-6-12/h2-9,19H,10H2,1H3. The van der Waals surface area contributed by atoms with Gasteiger partial charge < -0.3 is 5.32 Å². The molecule has 0 aliphatic rings. The molecule has 19 heavy (non-hydrogen) atoms. The SMILES string of the molecule is Cc1cc(Br)ccc1NCC(F)(F)c1ccccc1. The van der Waals surface area contributed by atoms with Crippen molar-refractivity contribution in [3.05, 3.63) is 64.1 Å². The van der Waals surface area contributed by atoms with Crippen LogP contribution in [0.3, 0.4) is 0 Å². The minimum atomic E-state index is -2.89. The van der Waals surface area contributed by atoms with Crippen LogP contribution >= 0.6 is 15.9 Å². The molecule has 0 bridgehead atoms. The van der Waals surface area contributed by atoms with Crippen LogP contribution in [0.1, 0.15) is 11.1 Å². The van der Waals surface area contributed by atoms with Crippen LogP contribution in [-0.4, -0.2) is 6.54 Å². The Labute approximate surface area is 119 Å². The van der Waals surface area contributed by atoms with Gasteiger partial charge in [0.2, 0.25) is 0 Å². The Hall–Kier alpha value is -1.42. The van der Waals surface area contributed by atoms with E-state index in [0.29, 0.717) is 0 Å². The zero-order valence-corrected chi connectivity index (χ0v) is 12.0. The van der Waals surface area contributed by atoms with Gasteiger partial charge in [-0.3, -0.25) is 0 Å². The van der Waals surface area contributed by atoms with Gasteiger partial charge in [-0.25, -0.2) is 0 Å². The van der Waals surface area contributed by atoms with Gasteiger partial charge in [0.15, 0.2) is 0 Å². The molecule has 0 radical (unpaired) electrons. The molecule has 4 heteroatoms. The summed E-state index contributed by atoms with van der Waals surface area (Å²) in [6.45, 7) is 1.47. The molecule has 0 spiro atoms. The molecule has 1 N–H and O–H groups in total. The second-order valence-electron chi connectivity index (χ2n) is 4.38. The number of alkyl halides is 2. The van der Waals surface area contributed by atoms with E-state index in [0.717, 1.165) is 15.7 Å². The largest absolute Gasteiger partial charge is 0.378 e. The molecular weight excluding hydrogens is 312 g/mol. The van der Waals surface area contributed by atoms with Crippen LogP contribution in [-0.2, 0) is 5.92 Å². The predicted molar refractivity (Wildman–Crippen MR) is 77.7 cm³/mol. The van der Waals surface area contributed by atoms with Crippen molar-refractivity contribution in [1.29, 1.82) is 0 Å². The van der Waals surface area contributed by atoms with Crippen molar-refractivity contribution in [2.75, 3.05) is 11.9 Å². The van der Waals surface area contributed by atoms with Crippen LogP contribution in [0.15, 0.2) is 53.0 Å².